The van der Waals surface area contributed by atoms with E-state index in [9.17, 15) is 13.2 Å². The summed E-state index contributed by atoms with van der Waals surface area (Å²) in [6.45, 7) is 6.18. The molecule has 0 radical (unpaired) electrons. The zero-order valence-electron chi connectivity index (χ0n) is 11.3. The van der Waals surface area contributed by atoms with Crippen LogP contribution in [-0.2, 0) is 14.8 Å². The predicted molar refractivity (Wildman–Crippen MR) is 69.3 cm³/mol. The first-order valence-electron chi connectivity index (χ1n) is 6.19. The van der Waals surface area contributed by atoms with Gasteiger partial charge in [0.2, 0.25) is 0 Å². The van der Waals surface area contributed by atoms with Crippen molar-refractivity contribution in [3.63, 3.8) is 0 Å². The van der Waals surface area contributed by atoms with Crippen molar-refractivity contribution < 1.29 is 17.9 Å². The summed E-state index contributed by atoms with van der Waals surface area (Å²) in [6, 6.07) is 0. The molecule has 0 aliphatic carbocycles. The number of nitrogens with zero attached hydrogens (tertiary/aromatic N) is 2. The highest BCUT2D eigenvalue weighted by atomic mass is 32.2. The fraction of sp³-hybridized carbons (Fsp3) is 0.636. The first-order chi connectivity index (χ1) is 8.98. The lowest BCUT2D eigenvalue weighted by Crippen LogP contribution is -2.32. The molecule has 0 atom stereocenters. The molecule has 0 saturated carbocycles. The molecule has 8 heteroatoms. The van der Waals surface area contributed by atoms with Crippen LogP contribution in [0.15, 0.2) is 11.2 Å². The van der Waals surface area contributed by atoms with E-state index in [-0.39, 0.29) is 17.2 Å². The summed E-state index contributed by atoms with van der Waals surface area (Å²) in [5.74, 6) is -0.692. The first kappa shape index (κ1) is 15.6. The smallest absolute Gasteiger partial charge is 0.342 e. The van der Waals surface area contributed by atoms with Gasteiger partial charge < -0.3 is 4.74 Å². The second-order valence-corrected chi connectivity index (χ2v) is 5.70. The van der Waals surface area contributed by atoms with Gasteiger partial charge in [-0.1, -0.05) is 13.8 Å². The van der Waals surface area contributed by atoms with E-state index < -0.39 is 16.0 Å². The molecule has 19 heavy (non-hydrogen) atoms. The largest absolute Gasteiger partial charge is 0.462 e. The molecule has 0 unspecified atom stereocenters. The highest BCUT2D eigenvalue weighted by Crippen LogP contribution is 2.18. The topological polar surface area (TPSA) is 92.4 Å². The van der Waals surface area contributed by atoms with Crippen molar-refractivity contribution in [2.45, 2.75) is 32.2 Å². The third kappa shape index (κ3) is 3.32. The quantitative estimate of drug-likeness (QED) is 0.756. The summed E-state index contributed by atoms with van der Waals surface area (Å²) in [4.78, 5) is 11.7. The van der Waals surface area contributed by atoms with Crippen molar-refractivity contribution in [1.82, 2.24) is 14.5 Å². The van der Waals surface area contributed by atoms with Crippen LogP contribution in [0.25, 0.3) is 0 Å². The molecule has 0 aliphatic heterocycles. The molecule has 0 spiro atoms. The average molecular weight is 289 g/mol. The van der Waals surface area contributed by atoms with Gasteiger partial charge in [0.15, 0.2) is 5.03 Å². The van der Waals surface area contributed by atoms with Gasteiger partial charge in [-0.25, -0.2) is 13.2 Å². The maximum absolute atomic E-state index is 12.4. The number of ether oxygens (including phenoxy) is 1. The number of esters is 1. The highest BCUT2D eigenvalue weighted by Gasteiger charge is 2.30. The predicted octanol–water partition coefficient (Wildman–Crippen LogP) is 1.01. The number of sulfonamides is 1. The second kappa shape index (κ2) is 6.67. The van der Waals surface area contributed by atoms with Gasteiger partial charge in [-0.05, 0) is 13.3 Å². The number of H-pyrrole nitrogens is 1. The molecule has 1 N–H and O–H groups in total. The fourth-order valence-electron chi connectivity index (χ4n) is 1.65. The maximum Gasteiger partial charge on any atom is 0.342 e. The van der Waals surface area contributed by atoms with Gasteiger partial charge in [-0.2, -0.15) is 9.40 Å². The molecule has 0 fully saturated rings. The van der Waals surface area contributed by atoms with E-state index in [1.54, 1.807) is 13.8 Å². The minimum absolute atomic E-state index is 0.0589. The standard InChI is InChI=1S/C11H19N3O4S/c1-4-7-14(5-2)19(16,17)10-9(8-12-13-10)11(15)18-6-3/h8H,4-7H2,1-3H3,(H,12,13). The van der Waals surface area contributed by atoms with Crippen LogP contribution in [0, 0.1) is 0 Å². The second-order valence-electron chi connectivity index (χ2n) is 3.83. The molecule has 1 heterocycles. The molecule has 0 bridgehead atoms. The lowest BCUT2D eigenvalue weighted by atomic mass is 10.4. The van der Waals surface area contributed by atoms with E-state index in [2.05, 4.69) is 10.2 Å². The number of rotatable bonds is 7. The Bertz CT molecular complexity index is 524. The Balaban J connectivity index is 3.15. The van der Waals surface area contributed by atoms with E-state index in [0.717, 1.165) is 0 Å². The van der Waals surface area contributed by atoms with Gasteiger partial charge in [0.25, 0.3) is 10.0 Å². The Hall–Kier alpha value is -1.41. The number of carbonyl (C=O) groups is 1. The molecule has 0 amide bonds. The SMILES string of the molecule is CCCN(CC)S(=O)(=O)c1[nH]ncc1C(=O)OCC. The lowest BCUT2D eigenvalue weighted by molar-refractivity contribution is 0.0521. The summed E-state index contributed by atoms with van der Waals surface area (Å²) >= 11 is 0. The molecular weight excluding hydrogens is 270 g/mol. The number of nitrogens with one attached hydrogen (secondary N) is 1. The van der Waals surface area contributed by atoms with Crippen LogP contribution in [0.4, 0.5) is 0 Å². The molecule has 0 aromatic carbocycles. The van der Waals surface area contributed by atoms with E-state index in [1.807, 2.05) is 6.92 Å². The zero-order valence-corrected chi connectivity index (χ0v) is 12.2. The average Bonchev–Trinajstić information content (AvgIpc) is 2.85. The molecule has 0 saturated heterocycles. The maximum atomic E-state index is 12.4. The van der Waals surface area contributed by atoms with Gasteiger partial charge in [0, 0.05) is 13.1 Å². The van der Waals surface area contributed by atoms with Crippen LogP contribution in [0.5, 0.6) is 0 Å². The van der Waals surface area contributed by atoms with Crippen molar-refractivity contribution in [3.05, 3.63) is 11.8 Å². The molecule has 1 rings (SSSR count). The number of carbonyl (C=O) groups excluding carboxylic acids is 1. The van der Waals surface area contributed by atoms with Crippen molar-refractivity contribution in [1.29, 1.82) is 0 Å². The highest BCUT2D eigenvalue weighted by molar-refractivity contribution is 7.89. The van der Waals surface area contributed by atoms with Gasteiger partial charge in [-0.3, -0.25) is 5.10 Å². The fourth-order valence-corrected chi connectivity index (χ4v) is 3.25. The van der Waals surface area contributed by atoms with Gasteiger partial charge >= 0.3 is 5.97 Å². The van der Waals surface area contributed by atoms with E-state index >= 15 is 0 Å². The summed E-state index contributed by atoms with van der Waals surface area (Å²) in [7, 11) is -3.75. The Morgan fingerprint density at radius 2 is 2.11 bits per heavy atom. The Labute approximate surface area is 113 Å². The number of aromatic nitrogens is 2. The molecule has 7 nitrogen and oxygen atoms in total. The molecular formula is C11H19N3O4S. The summed E-state index contributed by atoms with van der Waals surface area (Å²) in [5, 5.41) is 5.81. The van der Waals surface area contributed by atoms with Gasteiger partial charge in [0.1, 0.15) is 5.56 Å². The Morgan fingerprint density at radius 1 is 1.42 bits per heavy atom. The van der Waals surface area contributed by atoms with E-state index in [4.69, 9.17) is 4.74 Å². The van der Waals surface area contributed by atoms with Crippen LogP contribution >= 0.6 is 0 Å². The normalized spacial score (nSPS) is 11.8. The van der Waals surface area contributed by atoms with Crippen LogP contribution in [0.2, 0.25) is 0 Å². The summed E-state index contributed by atoms with van der Waals surface area (Å²) < 4.78 is 30.9. The molecule has 108 valence electrons. The minimum atomic E-state index is -3.75. The third-order valence-corrected chi connectivity index (χ3v) is 4.47. The van der Waals surface area contributed by atoms with E-state index in [1.165, 1.54) is 10.5 Å². The van der Waals surface area contributed by atoms with Crippen molar-refractivity contribution >= 4 is 16.0 Å². The molecule has 1 aromatic rings. The van der Waals surface area contributed by atoms with Crippen molar-refractivity contribution in [2.75, 3.05) is 19.7 Å². The number of hydrogen-bond acceptors (Lipinski definition) is 5. The van der Waals surface area contributed by atoms with Crippen molar-refractivity contribution in [2.24, 2.45) is 0 Å². The minimum Gasteiger partial charge on any atom is -0.462 e. The van der Waals surface area contributed by atoms with Crippen LogP contribution in [0.3, 0.4) is 0 Å². The Morgan fingerprint density at radius 3 is 2.63 bits per heavy atom. The summed E-state index contributed by atoms with van der Waals surface area (Å²) in [5.41, 5.74) is -0.0589. The number of aromatic amines is 1. The Kier molecular flexibility index (Phi) is 5.49. The first-order valence-corrected chi connectivity index (χ1v) is 7.63. The van der Waals surface area contributed by atoms with Gasteiger partial charge in [0.05, 0.1) is 12.8 Å². The lowest BCUT2D eigenvalue weighted by Gasteiger charge is -2.19. The summed E-state index contributed by atoms with van der Waals surface area (Å²) in [6.07, 6.45) is 1.86. The monoisotopic (exact) mass is 289 g/mol. The van der Waals surface area contributed by atoms with Crippen LogP contribution in [-0.4, -0.2) is 48.6 Å². The zero-order chi connectivity index (χ0) is 14.5. The molecule has 0 aliphatic rings. The third-order valence-electron chi connectivity index (χ3n) is 2.52. The number of hydrogen-bond donors (Lipinski definition) is 1. The van der Waals surface area contributed by atoms with Gasteiger partial charge in [-0.15, -0.1) is 0 Å². The van der Waals surface area contributed by atoms with Crippen LogP contribution in [0.1, 0.15) is 37.6 Å². The molecule has 1 aromatic heterocycles. The van der Waals surface area contributed by atoms with E-state index in [0.29, 0.717) is 19.5 Å². The van der Waals surface area contributed by atoms with Crippen molar-refractivity contribution in [3.8, 4) is 0 Å². The van der Waals surface area contributed by atoms with Crippen LogP contribution < -0.4 is 0 Å².